The molecule has 6 nitrogen and oxygen atoms in total. The molecule has 1 aliphatic rings. The number of imidazole rings is 2. The van der Waals surface area contributed by atoms with Crippen molar-refractivity contribution in [2.45, 2.75) is 45.3 Å². The third-order valence-corrected chi connectivity index (χ3v) is 5.18. The lowest BCUT2D eigenvalue weighted by molar-refractivity contribution is 0.282. The lowest BCUT2D eigenvalue weighted by atomic mass is 9.94. The van der Waals surface area contributed by atoms with Crippen molar-refractivity contribution in [1.82, 2.24) is 19.5 Å². The second-order valence-corrected chi connectivity index (χ2v) is 7.07. The smallest absolute Gasteiger partial charge is 0.206 e. The van der Waals surface area contributed by atoms with Crippen molar-refractivity contribution in [3.8, 4) is 0 Å². The summed E-state index contributed by atoms with van der Waals surface area (Å²) in [6.07, 6.45) is 5.94. The van der Waals surface area contributed by atoms with Gasteiger partial charge in [0.05, 0.1) is 29.7 Å². The van der Waals surface area contributed by atoms with Crippen molar-refractivity contribution in [2.24, 2.45) is 0 Å². The molecule has 1 aromatic carbocycles. The van der Waals surface area contributed by atoms with Gasteiger partial charge in [-0.05, 0) is 32.8 Å². The first kappa shape index (κ1) is 16.1. The van der Waals surface area contributed by atoms with E-state index in [0.29, 0.717) is 5.92 Å². The second-order valence-electron chi connectivity index (χ2n) is 7.07. The molecule has 0 radical (unpaired) electrons. The van der Waals surface area contributed by atoms with Crippen LogP contribution in [0.4, 0.5) is 5.95 Å². The maximum absolute atomic E-state index is 9.74. The molecule has 1 saturated heterocycles. The van der Waals surface area contributed by atoms with Gasteiger partial charge in [0.25, 0.3) is 0 Å². The number of piperidine rings is 1. The number of nitrogens with zero attached hydrogens (tertiary/aromatic N) is 4. The van der Waals surface area contributed by atoms with Gasteiger partial charge in [-0.1, -0.05) is 12.1 Å². The molecule has 1 aliphatic heterocycles. The van der Waals surface area contributed by atoms with Crippen molar-refractivity contribution in [3.05, 3.63) is 42.0 Å². The van der Waals surface area contributed by atoms with Crippen LogP contribution < -0.4 is 4.90 Å². The number of nitrogens with one attached hydrogen (secondary N) is 1. The number of aromatic nitrogens is 4. The Labute approximate surface area is 147 Å². The molecule has 0 aliphatic carbocycles. The largest absolute Gasteiger partial charge is 0.392 e. The van der Waals surface area contributed by atoms with E-state index in [1.807, 2.05) is 24.4 Å². The molecule has 6 heteroatoms. The van der Waals surface area contributed by atoms with Crippen LogP contribution >= 0.6 is 0 Å². The summed E-state index contributed by atoms with van der Waals surface area (Å²) in [6, 6.07) is 6.28. The Morgan fingerprint density at radius 2 is 2.08 bits per heavy atom. The minimum atomic E-state index is 0.0381. The number of aromatic amines is 1. The average molecular weight is 339 g/mol. The van der Waals surface area contributed by atoms with Crippen LogP contribution in [0.5, 0.6) is 0 Å². The molecule has 0 bridgehead atoms. The van der Waals surface area contributed by atoms with Crippen molar-refractivity contribution in [2.75, 3.05) is 18.0 Å². The fourth-order valence-corrected chi connectivity index (χ4v) is 3.92. The molecule has 0 atom stereocenters. The molecule has 4 rings (SSSR count). The minimum Gasteiger partial charge on any atom is -0.392 e. The zero-order valence-electron chi connectivity index (χ0n) is 14.8. The Kier molecular flexibility index (Phi) is 4.21. The summed E-state index contributed by atoms with van der Waals surface area (Å²) in [5.41, 5.74) is 4.13. The number of benzene rings is 1. The van der Waals surface area contributed by atoms with Gasteiger partial charge in [0.2, 0.25) is 5.95 Å². The summed E-state index contributed by atoms with van der Waals surface area (Å²) >= 11 is 0. The zero-order valence-corrected chi connectivity index (χ0v) is 14.8. The number of aliphatic hydroxyl groups excluding tert-OH is 1. The SMILES string of the molecule is CC(C)n1c(N2CCC(c3c[nH]cn3)CC2)nc2cccc(CO)c21. The van der Waals surface area contributed by atoms with Crippen LogP contribution in [0.15, 0.2) is 30.7 Å². The molecule has 3 aromatic rings. The number of hydrogen-bond donors (Lipinski definition) is 2. The second kappa shape index (κ2) is 6.52. The number of aliphatic hydroxyl groups is 1. The summed E-state index contributed by atoms with van der Waals surface area (Å²) < 4.78 is 2.27. The minimum absolute atomic E-state index is 0.0381. The summed E-state index contributed by atoms with van der Waals surface area (Å²) in [5, 5.41) is 9.74. The molecule has 2 N–H and O–H groups in total. The Hall–Kier alpha value is -2.34. The van der Waals surface area contributed by atoms with Gasteiger partial charge in [-0.2, -0.15) is 0 Å². The van der Waals surface area contributed by atoms with Crippen LogP contribution in [-0.2, 0) is 6.61 Å². The van der Waals surface area contributed by atoms with Gasteiger partial charge in [0.1, 0.15) is 0 Å². The van der Waals surface area contributed by atoms with E-state index in [1.165, 1.54) is 5.69 Å². The highest BCUT2D eigenvalue weighted by Crippen LogP contribution is 2.33. The monoisotopic (exact) mass is 339 g/mol. The summed E-state index contributed by atoms with van der Waals surface area (Å²) in [6.45, 7) is 6.34. The van der Waals surface area contributed by atoms with Gasteiger partial charge in [0, 0.05) is 36.8 Å². The molecule has 0 unspecified atom stereocenters. The maximum Gasteiger partial charge on any atom is 0.206 e. The van der Waals surface area contributed by atoms with Crippen molar-refractivity contribution in [3.63, 3.8) is 0 Å². The van der Waals surface area contributed by atoms with Gasteiger partial charge in [-0.25, -0.2) is 9.97 Å². The molecule has 3 heterocycles. The lowest BCUT2D eigenvalue weighted by Crippen LogP contribution is -2.35. The molecule has 1 fully saturated rings. The highest BCUT2D eigenvalue weighted by Gasteiger charge is 2.26. The fraction of sp³-hybridized carbons (Fsp3) is 0.474. The first-order chi connectivity index (χ1) is 12.2. The molecule has 0 spiro atoms. The number of H-pyrrole nitrogens is 1. The van der Waals surface area contributed by atoms with E-state index < -0.39 is 0 Å². The Morgan fingerprint density at radius 3 is 2.72 bits per heavy atom. The molecule has 0 amide bonds. The van der Waals surface area contributed by atoms with Gasteiger partial charge in [0.15, 0.2) is 0 Å². The van der Waals surface area contributed by atoms with Crippen molar-refractivity contribution in [1.29, 1.82) is 0 Å². The van der Waals surface area contributed by atoms with E-state index in [1.54, 1.807) is 6.33 Å². The Balaban J connectivity index is 1.67. The van der Waals surface area contributed by atoms with Crippen LogP contribution in [0.3, 0.4) is 0 Å². The van der Waals surface area contributed by atoms with Gasteiger partial charge in [-0.15, -0.1) is 0 Å². The predicted molar refractivity (Wildman–Crippen MR) is 98.8 cm³/mol. The van der Waals surface area contributed by atoms with Crippen LogP contribution in [0.1, 0.15) is 49.9 Å². The first-order valence-corrected chi connectivity index (χ1v) is 9.03. The number of rotatable bonds is 4. The Bertz CT molecular complexity index is 844. The Morgan fingerprint density at radius 1 is 1.28 bits per heavy atom. The summed E-state index contributed by atoms with van der Waals surface area (Å²) in [4.78, 5) is 14.8. The summed E-state index contributed by atoms with van der Waals surface area (Å²) in [7, 11) is 0. The lowest BCUT2D eigenvalue weighted by Gasteiger charge is -2.33. The molecule has 132 valence electrons. The molecule has 0 saturated carbocycles. The standard InChI is InChI=1S/C19H25N5O/c1-13(2)24-18-15(11-25)4-3-5-16(18)22-19(24)23-8-6-14(7-9-23)17-10-20-12-21-17/h3-5,10,12-14,25H,6-9,11H2,1-2H3,(H,20,21). The molecular weight excluding hydrogens is 314 g/mol. The van der Waals surface area contributed by atoms with Crippen LogP contribution in [-0.4, -0.2) is 37.7 Å². The van der Waals surface area contributed by atoms with Gasteiger partial charge in [-0.3, -0.25) is 0 Å². The van der Waals surface area contributed by atoms with E-state index in [-0.39, 0.29) is 12.6 Å². The number of anilines is 1. The normalized spacial score (nSPS) is 16.2. The number of fused-ring (bicyclic) bond motifs is 1. The quantitative estimate of drug-likeness (QED) is 0.766. The van der Waals surface area contributed by atoms with E-state index in [0.717, 1.165) is 48.5 Å². The molecule has 2 aromatic heterocycles. The van der Waals surface area contributed by atoms with E-state index in [2.05, 4.69) is 33.3 Å². The molecular formula is C19H25N5O. The van der Waals surface area contributed by atoms with Crippen LogP contribution in [0.2, 0.25) is 0 Å². The fourth-order valence-electron chi connectivity index (χ4n) is 3.92. The predicted octanol–water partition coefficient (Wildman–Crippen LogP) is 3.22. The van der Waals surface area contributed by atoms with E-state index in [9.17, 15) is 5.11 Å². The van der Waals surface area contributed by atoms with Gasteiger partial charge >= 0.3 is 0 Å². The van der Waals surface area contributed by atoms with Crippen molar-refractivity contribution < 1.29 is 5.11 Å². The third-order valence-electron chi connectivity index (χ3n) is 5.18. The average Bonchev–Trinajstić information content (AvgIpc) is 3.29. The highest BCUT2D eigenvalue weighted by molar-refractivity contribution is 5.82. The third kappa shape index (κ3) is 2.80. The zero-order chi connectivity index (χ0) is 17.4. The molecule has 25 heavy (non-hydrogen) atoms. The van der Waals surface area contributed by atoms with E-state index in [4.69, 9.17) is 4.98 Å². The highest BCUT2D eigenvalue weighted by atomic mass is 16.3. The first-order valence-electron chi connectivity index (χ1n) is 9.03. The topological polar surface area (TPSA) is 70.0 Å². The van der Waals surface area contributed by atoms with Crippen molar-refractivity contribution >= 4 is 17.0 Å². The number of para-hydroxylation sites is 1. The number of hydrogen-bond acceptors (Lipinski definition) is 4. The van der Waals surface area contributed by atoms with Gasteiger partial charge < -0.3 is 19.6 Å². The summed E-state index contributed by atoms with van der Waals surface area (Å²) in [5.74, 6) is 1.54. The van der Waals surface area contributed by atoms with E-state index >= 15 is 0 Å². The van der Waals surface area contributed by atoms with Crippen LogP contribution in [0, 0.1) is 0 Å². The van der Waals surface area contributed by atoms with Crippen LogP contribution in [0.25, 0.3) is 11.0 Å². The maximum atomic E-state index is 9.74.